The average molecular weight is 208 g/mol. The first kappa shape index (κ1) is 11.8. The van der Waals surface area contributed by atoms with Crippen LogP contribution in [0.5, 0.6) is 0 Å². The van der Waals surface area contributed by atoms with E-state index in [1.807, 2.05) is 0 Å². The maximum absolute atomic E-state index is 12.0. The quantitative estimate of drug-likeness (QED) is 0.714. The van der Waals surface area contributed by atoms with Crippen molar-refractivity contribution in [1.82, 2.24) is 10.2 Å². The maximum atomic E-state index is 12.0. The van der Waals surface area contributed by atoms with Crippen molar-refractivity contribution >= 4 is 0 Å². The Balaban J connectivity index is 2.18. The highest BCUT2D eigenvalue weighted by Crippen LogP contribution is 2.10. The number of alkyl halides is 2. The molecule has 0 spiro atoms. The minimum absolute atomic E-state index is 0.157. The fourth-order valence-electron chi connectivity index (χ4n) is 1.79. The molecule has 3 nitrogen and oxygen atoms in total. The molecule has 1 N–H and O–H groups in total. The molecule has 0 saturated carbocycles. The van der Waals surface area contributed by atoms with Crippen LogP contribution in [-0.2, 0) is 4.74 Å². The molecular formula is C9H18F2N2O. The van der Waals surface area contributed by atoms with Gasteiger partial charge in [0.25, 0.3) is 6.43 Å². The molecule has 1 aliphatic heterocycles. The number of nitrogens with zero attached hydrogens (tertiary/aromatic N) is 1. The van der Waals surface area contributed by atoms with Gasteiger partial charge in [0.15, 0.2) is 0 Å². The number of rotatable bonds is 5. The number of hydrogen-bond donors (Lipinski definition) is 1. The molecule has 1 aliphatic rings. The van der Waals surface area contributed by atoms with E-state index >= 15 is 0 Å². The third-order valence-electron chi connectivity index (χ3n) is 2.50. The smallest absolute Gasteiger partial charge is 0.251 e. The van der Waals surface area contributed by atoms with Crippen molar-refractivity contribution in [3.63, 3.8) is 0 Å². The Labute approximate surface area is 83.4 Å². The van der Waals surface area contributed by atoms with E-state index < -0.39 is 6.43 Å². The summed E-state index contributed by atoms with van der Waals surface area (Å²) < 4.78 is 29.2. The first-order valence-electron chi connectivity index (χ1n) is 4.84. The summed E-state index contributed by atoms with van der Waals surface area (Å²) in [6.07, 6.45) is -1.11. The lowest BCUT2D eigenvalue weighted by molar-refractivity contribution is 0.0933. The van der Waals surface area contributed by atoms with Gasteiger partial charge in [-0.3, -0.25) is 4.90 Å². The van der Waals surface area contributed by atoms with E-state index in [0.29, 0.717) is 6.54 Å². The molecule has 14 heavy (non-hydrogen) atoms. The summed E-state index contributed by atoms with van der Waals surface area (Å²) in [5.74, 6) is 0. The summed E-state index contributed by atoms with van der Waals surface area (Å²) in [7, 11) is 3.39. The number of likely N-dealkylation sites (N-methyl/N-ethyl adjacent to an activating group) is 1. The number of halogens is 2. The molecule has 0 radical (unpaired) electrons. The second-order valence-corrected chi connectivity index (χ2v) is 3.81. The van der Waals surface area contributed by atoms with Gasteiger partial charge in [0.2, 0.25) is 0 Å². The lowest BCUT2D eigenvalue weighted by atomic mass is 10.2. The zero-order chi connectivity index (χ0) is 10.6. The van der Waals surface area contributed by atoms with Gasteiger partial charge < -0.3 is 10.1 Å². The number of hydrogen-bond acceptors (Lipinski definition) is 3. The van der Waals surface area contributed by atoms with Crippen molar-refractivity contribution in [3.8, 4) is 0 Å². The average Bonchev–Trinajstić information content (AvgIpc) is 2.50. The fraction of sp³-hybridized carbons (Fsp3) is 1.00. The highest BCUT2D eigenvalue weighted by Gasteiger charge is 2.24. The number of methoxy groups -OCH3 is 1. The second kappa shape index (κ2) is 5.58. The summed E-state index contributed by atoms with van der Waals surface area (Å²) in [6, 6.07) is 0.281. The molecule has 1 saturated heterocycles. The van der Waals surface area contributed by atoms with Crippen LogP contribution >= 0.6 is 0 Å². The molecule has 5 heteroatoms. The van der Waals surface area contributed by atoms with Gasteiger partial charge in [0.05, 0.1) is 12.6 Å². The number of nitrogens with one attached hydrogen (secondary N) is 1. The standard InChI is InChI=1S/C9H18F2N2O/c1-13(6-9(10)11)5-7-3-8(14-2)4-12-7/h7-9,12H,3-6H2,1-2H3. The zero-order valence-electron chi connectivity index (χ0n) is 8.67. The Morgan fingerprint density at radius 2 is 2.29 bits per heavy atom. The molecule has 0 amide bonds. The van der Waals surface area contributed by atoms with E-state index in [0.717, 1.165) is 13.0 Å². The highest BCUT2D eigenvalue weighted by atomic mass is 19.3. The zero-order valence-corrected chi connectivity index (χ0v) is 8.67. The van der Waals surface area contributed by atoms with Crippen LogP contribution in [0, 0.1) is 0 Å². The van der Waals surface area contributed by atoms with Crippen LogP contribution < -0.4 is 5.32 Å². The first-order chi connectivity index (χ1) is 6.61. The number of ether oxygens (including phenoxy) is 1. The molecule has 0 aliphatic carbocycles. The predicted molar refractivity (Wildman–Crippen MR) is 50.7 cm³/mol. The summed E-state index contributed by atoms with van der Waals surface area (Å²) in [5.41, 5.74) is 0. The molecule has 84 valence electrons. The molecule has 2 atom stereocenters. The fourth-order valence-corrected chi connectivity index (χ4v) is 1.79. The van der Waals surface area contributed by atoms with E-state index in [9.17, 15) is 8.78 Å². The minimum Gasteiger partial charge on any atom is -0.380 e. The van der Waals surface area contributed by atoms with Crippen molar-refractivity contribution in [1.29, 1.82) is 0 Å². The van der Waals surface area contributed by atoms with Gasteiger partial charge in [-0.2, -0.15) is 0 Å². The van der Waals surface area contributed by atoms with E-state index in [-0.39, 0.29) is 18.7 Å². The van der Waals surface area contributed by atoms with Gasteiger partial charge in [0, 0.05) is 26.2 Å². The van der Waals surface area contributed by atoms with Gasteiger partial charge in [-0.25, -0.2) is 8.78 Å². The molecule has 2 unspecified atom stereocenters. The molecule has 1 heterocycles. The Kier molecular flexibility index (Phi) is 4.71. The monoisotopic (exact) mass is 208 g/mol. The van der Waals surface area contributed by atoms with Crippen molar-refractivity contribution < 1.29 is 13.5 Å². The van der Waals surface area contributed by atoms with Crippen LogP contribution in [-0.4, -0.2) is 57.3 Å². The van der Waals surface area contributed by atoms with E-state index in [2.05, 4.69) is 5.32 Å². The first-order valence-corrected chi connectivity index (χ1v) is 4.84. The molecule has 0 aromatic heterocycles. The van der Waals surface area contributed by atoms with Gasteiger partial charge in [-0.05, 0) is 13.5 Å². The van der Waals surface area contributed by atoms with Crippen LogP contribution in [0.25, 0.3) is 0 Å². The van der Waals surface area contributed by atoms with E-state index in [1.165, 1.54) is 0 Å². The van der Waals surface area contributed by atoms with Crippen LogP contribution in [0.15, 0.2) is 0 Å². The van der Waals surface area contributed by atoms with Crippen LogP contribution in [0.2, 0.25) is 0 Å². The Hall–Kier alpha value is -0.260. The van der Waals surface area contributed by atoms with Crippen LogP contribution in [0.3, 0.4) is 0 Å². The van der Waals surface area contributed by atoms with Crippen molar-refractivity contribution in [2.24, 2.45) is 0 Å². The summed E-state index contributed by atoms with van der Waals surface area (Å²) in [5, 5.41) is 3.25. The Morgan fingerprint density at radius 1 is 1.57 bits per heavy atom. The second-order valence-electron chi connectivity index (χ2n) is 3.81. The van der Waals surface area contributed by atoms with Gasteiger partial charge in [0.1, 0.15) is 0 Å². The third kappa shape index (κ3) is 3.86. The van der Waals surface area contributed by atoms with Gasteiger partial charge in [-0.1, -0.05) is 0 Å². The largest absolute Gasteiger partial charge is 0.380 e. The molecule has 1 rings (SSSR count). The summed E-state index contributed by atoms with van der Waals surface area (Å²) in [6.45, 7) is 1.32. The van der Waals surface area contributed by atoms with E-state index in [1.54, 1.807) is 19.1 Å². The molecule has 0 aromatic carbocycles. The summed E-state index contributed by atoms with van der Waals surface area (Å²) in [4.78, 5) is 1.65. The summed E-state index contributed by atoms with van der Waals surface area (Å²) >= 11 is 0. The van der Waals surface area contributed by atoms with Crippen molar-refractivity contribution in [2.75, 3.05) is 33.8 Å². The lowest BCUT2D eigenvalue weighted by Gasteiger charge is -2.20. The lowest BCUT2D eigenvalue weighted by Crippen LogP contribution is -2.37. The van der Waals surface area contributed by atoms with Crippen LogP contribution in [0.4, 0.5) is 8.78 Å². The van der Waals surface area contributed by atoms with Crippen molar-refractivity contribution in [3.05, 3.63) is 0 Å². The van der Waals surface area contributed by atoms with Crippen LogP contribution in [0.1, 0.15) is 6.42 Å². The Morgan fingerprint density at radius 3 is 2.79 bits per heavy atom. The third-order valence-corrected chi connectivity index (χ3v) is 2.50. The maximum Gasteiger partial charge on any atom is 0.251 e. The predicted octanol–water partition coefficient (Wildman–Crippen LogP) is 0.560. The minimum atomic E-state index is -2.25. The molecule has 1 fully saturated rings. The molecule has 0 bridgehead atoms. The molecule has 0 aromatic rings. The SMILES string of the molecule is COC1CNC(CN(C)CC(F)F)C1. The Bertz CT molecular complexity index is 169. The van der Waals surface area contributed by atoms with E-state index in [4.69, 9.17) is 4.74 Å². The topological polar surface area (TPSA) is 24.5 Å². The van der Waals surface area contributed by atoms with Gasteiger partial charge >= 0.3 is 0 Å². The highest BCUT2D eigenvalue weighted by molar-refractivity contribution is 4.83. The normalized spacial score (nSPS) is 27.9. The van der Waals surface area contributed by atoms with Gasteiger partial charge in [-0.15, -0.1) is 0 Å². The van der Waals surface area contributed by atoms with Crippen molar-refractivity contribution in [2.45, 2.75) is 25.0 Å². The molecular weight excluding hydrogens is 190 g/mol.